The lowest BCUT2D eigenvalue weighted by Crippen LogP contribution is -2.25. The molecule has 0 aromatic rings. The summed E-state index contributed by atoms with van der Waals surface area (Å²) in [4.78, 5) is 0. The fourth-order valence-electron chi connectivity index (χ4n) is 1.54. The zero-order chi connectivity index (χ0) is 9.72. The minimum Gasteiger partial charge on any atom is -0.392 e. The minimum atomic E-state index is -0.232. The van der Waals surface area contributed by atoms with Crippen molar-refractivity contribution in [2.24, 2.45) is 17.8 Å². The van der Waals surface area contributed by atoms with Gasteiger partial charge in [0.2, 0.25) is 0 Å². The predicted molar refractivity (Wildman–Crippen MR) is 54.0 cm³/mol. The second-order valence-electron chi connectivity index (χ2n) is 4.19. The minimum absolute atomic E-state index is 0.207. The van der Waals surface area contributed by atoms with Crippen molar-refractivity contribution in [1.82, 2.24) is 0 Å². The molecule has 72 valence electrons. The zero-order valence-electron chi connectivity index (χ0n) is 8.75. The Kier molecular flexibility index (Phi) is 5.23. The smallest absolute Gasteiger partial charge is 0.0625 e. The highest BCUT2D eigenvalue weighted by molar-refractivity contribution is 4.83. The Morgan fingerprint density at radius 1 is 1.25 bits per heavy atom. The molecule has 1 N–H and O–H groups in total. The normalized spacial score (nSPS) is 18.8. The second-order valence-corrected chi connectivity index (χ2v) is 4.19. The van der Waals surface area contributed by atoms with E-state index in [0.717, 1.165) is 6.42 Å². The van der Waals surface area contributed by atoms with Gasteiger partial charge in [-0.3, -0.25) is 0 Å². The fourth-order valence-corrected chi connectivity index (χ4v) is 1.54. The van der Waals surface area contributed by atoms with Crippen molar-refractivity contribution >= 4 is 0 Å². The van der Waals surface area contributed by atoms with Gasteiger partial charge in [0.05, 0.1) is 6.10 Å². The summed E-state index contributed by atoms with van der Waals surface area (Å²) in [7, 11) is 0. The van der Waals surface area contributed by atoms with Crippen LogP contribution in [0.2, 0.25) is 0 Å². The summed E-state index contributed by atoms with van der Waals surface area (Å²) >= 11 is 0. The number of rotatable bonds is 5. The molecule has 1 heteroatoms. The number of aliphatic hydroxyl groups excluding tert-OH is 1. The molecule has 12 heavy (non-hydrogen) atoms. The van der Waals surface area contributed by atoms with Crippen LogP contribution in [0, 0.1) is 17.8 Å². The van der Waals surface area contributed by atoms with Crippen LogP contribution in [0.4, 0.5) is 0 Å². The highest BCUT2D eigenvalue weighted by atomic mass is 16.3. The van der Waals surface area contributed by atoms with E-state index in [1.807, 2.05) is 13.0 Å². The van der Waals surface area contributed by atoms with Crippen LogP contribution in [0.25, 0.3) is 0 Å². The van der Waals surface area contributed by atoms with Crippen LogP contribution in [0.3, 0.4) is 0 Å². The van der Waals surface area contributed by atoms with Crippen LogP contribution in [0.5, 0.6) is 0 Å². The van der Waals surface area contributed by atoms with Gasteiger partial charge in [0.15, 0.2) is 0 Å². The third kappa shape index (κ3) is 3.91. The molecule has 0 aromatic carbocycles. The maximum absolute atomic E-state index is 9.76. The SMILES string of the molecule is C=CC(C)C(O)C(C)CC(C)C. The Hall–Kier alpha value is -0.300. The molecule has 0 heterocycles. The first-order valence-electron chi connectivity index (χ1n) is 4.79. The van der Waals surface area contributed by atoms with Crippen LogP contribution < -0.4 is 0 Å². The van der Waals surface area contributed by atoms with Gasteiger partial charge in [-0.1, -0.05) is 33.8 Å². The molecule has 0 radical (unpaired) electrons. The molecule has 0 aromatic heterocycles. The van der Waals surface area contributed by atoms with Crippen molar-refractivity contribution in [2.75, 3.05) is 0 Å². The van der Waals surface area contributed by atoms with E-state index in [2.05, 4.69) is 27.4 Å². The maximum atomic E-state index is 9.76. The summed E-state index contributed by atoms with van der Waals surface area (Å²) in [6.07, 6.45) is 2.67. The third-order valence-corrected chi connectivity index (χ3v) is 2.34. The molecule has 0 amide bonds. The molecule has 0 rings (SSSR count). The monoisotopic (exact) mass is 170 g/mol. The highest BCUT2D eigenvalue weighted by Gasteiger charge is 2.19. The van der Waals surface area contributed by atoms with Crippen molar-refractivity contribution < 1.29 is 5.11 Å². The molecular formula is C11H22O. The Balaban J connectivity index is 3.91. The van der Waals surface area contributed by atoms with Gasteiger partial charge in [-0.15, -0.1) is 6.58 Å². The first kappa shape index (κ1) is 11.7. The van der Waals surface area contributed by atoms with E-state index in [1.54, 1.807) is 0 Å². The van der Waals surface area contributed by atoms with Crippen molar-refractivity contribution in [2.45, 2.75) is 40.2 Å². The number of hydrogen-bond donors (Lipinski definition) is 1. The highest BCUT2D eigenvalue weighted by Crippen LogP contribution is 2.20. The molecule has 0 saturated carbocycles. The molecule has 0 fully saturated rings. The Bertz CT molecular complexity index is 129. The summed E-state index contributed by atoms with van der Waals surface area (Å²) < 4.78 is 0. The summed E-state index contributed by atoms with van der Waals surface area (Å²) in [5, 5.41) is 9.76. The van der Waals surface area contributed by atoms with E-state index in [-0.39, 0.29) is 12.0 Å². The molecule has 0 aliphatic heterocycles. The first-order valence-corrected chi connectivity index (χ1v) is 4.79. The van der Waals surface area contributed by atoms with E-state index in [4.69, 9.17) is 0 Å². The fraction of sp³-hybridized carbons (Fsp3) is 0.818. The molecule has 1 nitrogen and oxygen atoms in total. The van der Waals surface area contributed by atoms with Gasteiger partial charge in [-0.2, -0.15) is 0 Å². The van der Waals surface area contributed by atoms with Gasteiger partial charge < -0.3 is 5.11 Å². The summed E-state index contributed by atoms with van der Waals surface area (Å²) in [6, 6.07) is 0. The van der Waals surface area contributed by atoms with E-state index in [1.165, 1.54) is 0 Å². The molecule has 3 unspecified atom stereocenters. The van der Waals surface area contributed by atoms with E-state index < -0.39 is 0 Å². The van der Waals surface area contributed by atoms with Gasteiger partial charge in [0, 0.05) is 0 Å². The van der Waals surface area contributed by atoms with Crippen molar-refractivity contribution in [1.29, 1.82) is 0 Å². The molecule has 0 saturated heterocycles. The standard InChI is InChI=1S/C11H22O/c1-6-9(4)11(12)10(5)7-8(2)3/h6,8-12H,1,7H2,2-5H3. The van der Waals surface area contributed by atoms with Crippen molar-refractivity contribution in [3.63, 3.8) is 0 Å². The van der Waals surface area contributed by atoms with Crippen molar-refractivity contribution in [3.05, 3.63) is 12.7 Å². The predicted octanol–water partition coefficient (Wildman–Crippen LogP) is 2.85. The van der Waals surface area contributed by atoms with E-state index >= 15 is 0 Å². The van der Waals surface area contributed by atoms with E-state index in [0.29, 0.717) is 11.8 Å². The lowest BCUT2D eigenvalue weighted by molar-refractivity contribution is 0.0731. The van der Waals surface area contributed by atoms with Gasteiger partial charge in [0.1, 0.15) is 0 Å². The van der Waals surface area contributed by atoms with Gasteiger partial charge in [0.25, 0.3) is 0 Å². The van der Waals surface area contributed by atoms with Crippen LogP contribution in [-0.2, 0) is 0 Å². The van der Waals surface area contributed by atoms with Gasteiger partial charge in [-0.25, -0.2) is 0 Å². The lowest BCUT2D eigenvalue weighted by atomic mass is 9.87. The largest absolute Gasteiger partial charge is 0.392 e. The number of aliphatic hydroxyl groups is 1. The summed E-state index contributed by atoms with van der Waals surface area (Å²) in [5.41, 5.74) is 0. The van der Waals surface area contributed by atoms with Crippen LogP contribution in [0.15, 0.2) is 12.7 Å². The third-order valence-electron chi connectivity index (χ3n) is 2.34. The quantitative estimate of drug-likeness (QED) is 0.629. The van der Waals surface area contributed by atoms with Crippen LogP contribution in [0.1, 0.15) is 34.1 Å². The zero-order valence-corrected chi connectivity index (χ0v) is 8.75. The average molecular weight is 170 g/mol. The van der Waals surface area contributed by atoms with Crippen molar-refractivity contribution in [3.8, 4) is 0 Å². The Morgan fingerprint density at radius 3 is 2.08 bits per heavy atom. The second kappa shape index (κ2) is 5.36. The van der Waals surface area contributed by atoms with E-state index in [9.17, 15) is 5.11 Å². The summed E-state index contributed by atoms with van der Waals surface area (Å²) in [5.74, 6) is 1.24. The Labute approximate surface area is 76.5 Å². The number of hydrogen-bond acceptors (Lipinski definition) is 1. The molecule has 0 bridgehead atoms. The maximum Gasteiger partial charge on any atom is 0.0625 e. The molecule has 0 aliphatic carbocycles. The summed E-state index contributed by atoms with van der Waals surface area (Å²) in [6.45, 7) is 12.2. The average Bonchev–Trinajstić information content (AvgIpc) is 2.00. The first-order chi connectivity index (χ1) is 5.49. The van der Waals surface area contributed by atoms with Crippen LogP contribution >= 0.6 is 0 Å². The lowest BCUT2D eigenvalue weighted by Gasteiger charge is -2.23. The molecular weight excluding hydrogens is 148 g/mol. The topological polar surface area (TPSA) is 20.2 Å². The molecule has 0 spiro atoms. The van der Waals surface area contributed by atoms with Crippen LogP contribution in [-0.4, -0.2) is 11.2 Å². The Morgan fingerprint density at radius 2 is 1.75 bits per heavy atom. The molecule has 3 atom stereocenters. The van der Waals surface area contributed by atoms with Gasteiger partial charge >= 0.3 is 0 Å². The molecule has 0 aliphatic rings. The van der Waals surface area contributed by atoms with Gasteiger partial charge in [-0.05, 0) is 24.2 Å².